The van der Waals surface area contributed by atoms with Gasteiger partial charge < -0.3 is 10.1 Å². The Morgan fingerprint density at radius 3 is 2.70 bits per heavy atom. The Hall–Kier alpha value is -2.14. The number of hydrogen-bond donors (Lipinski definition) is 1. The van der Waals surface area contributed by atoms with Gasteiger partial charge in [-0.3, -0.25) is 9.00 Å². The van der Waals surface area contributed by atoms with Crippen LogP contribution in [0.4, 0.5) is 0 Å². The van der Waals surface area contributed by atoms with Crippen LogP contribution in [0.1, 0.15) is 18.1 Å². The van der Waals surface area contributed by atoms with Gasteiger partial charge in [0.15, 0.2) is 0 Å². The van der Waals surface area contributed by atoms with Gasteiger partial charge in [-0.15, -0.1) is 0 Å². The van der Waals surface area contributed by atoms with Crippen LogP contribution >= 0.6 is 0 Å². The first-order valence-electron chi connectivity index (χ1n) is 7.52. The smallest absolute Gasteiger partial charge is 0.233 e. The number of rotatable bonds is 7. The second-order valence-electron chi connectivity index (χ2n) is 5.16. The molecule has 1 amide bonds. The summed E-state index contributed by atoms with van der Waals surface area (Å²) in [6, 6.07) is 15.0. The summed E-state index contributed by atoms with van der Waals surface area (Å²) in [5, 5.41) is 2.80. The third-order valence-electron chi connectivity index (χ3n) is 3.21. The molecule has 0 heterocycles. The first kappa shape index (κ1) is 17.2. The summed E-state index contributed by atoms with van der Waals surface area (Å²) >= 11 is 0. The maximum atomic E-state index is 12.2. The van der Waals surface area contributed by atoms with E-state index in [-0.39, 0.29) is 11.7 Å². The summed E-state index contributed by atoms with van der Waals surface area (Å²) in [5.74, 6) is 0.517. The predicted molar refractivity (Wildman–Crippen MR) is 91.9 cm³/mol. The molecule has 0 fully saturated rings. The number of aryl methyl sites for hydroxylation is 1. The van der Waals surface area contributed by atoms with Crippen LogP contribution in [0.3, 0.4) is 0 Å². The Kier molecular flexibility index (Phi) is 6.35. The molecule has 0 aromatic heterocycles. The minimum absolute atomic E-state index is 0.0331. The van der Waals surface area contributed by atoms with E-state index in [0.29, 0.717) is 18.0 Å². The van der Waals surface area contributed by atoms with Gasteiger partial charge in [-0.1, -0.05) is 24.3 Å². The quantitative estimate of drug-likeness (QED) is 0.849. The van der Waals surface area contributed by atoms with Crippen LogP contribution < -0.4 is 10.1 Å². The number of hydrogen-bond acceptors (Lipinski definition) is 3. The molecule has 0 aliphatic rings. The average Bonchev–Trinajstić information content (AvgIpc) is 2.54. The fraction of sp³-hybridized carbons (Fsp3) is 0.278. The van der Waals surface area contributed by atoms with Gasteiger partial charge in [-0.2, -0.15) is 0 Å². The Morgan fingerprint density at radius 1 is 1.17 bits per heavy atom. The van der Waals surface area contributed by atoms with Crippen molar-refractivity contribution in [1.29, 1.82) is 0 Å². The largest absolute Gasteiger partial charge is 0.494 e. The molecule has 0 spiro atoms. The minimum atomic E-state index is -1.33. The van der Waals surface area contributed by atoms with Crippen molar-refractivity contribution in [3.05, 3.63) is 59.7 Å². The molecule has 1 atom stereocenters. The number of ether oxygens (including phenoxy) is 1. The molecule has 0 bridgehead atoms. The normalized spacial score (nSPS) is 11.7. The topological polar surface area (TPSA) is 55.4 Å². The van der Waals surface area contributed by atoms with E-state index < -0.39 is 10.8 Å². The first-order chi connectivity index (χ1) is 11.1. The first-order valence-corrected chi connectivity index (χ1v) is 8.84. The summed E-state index contributed by atoms with van der Waals surface area (Å²) in [4.78, 5) is 12.6. The summed E-state index contributed by atoms with van der Waals surface area (Å²) < 4.78 is 17.6. The third-order valence-corrected chi connectivity index (χ3v) is 4.52. The highest BCUT2D eigenvalue weighted by Crippen LogP contribution is 2.13. The third kappa shape index (κ3) is 5.53. The van der Waals surface area contributed by atoms with Crippen LogP contribution in [0.25, 0.3) is 0 Å². The molecule has 0 aliphatic carbocycles. The minimum Gasteiger partial charge on any atom is -0.494 e. The van der Waals surface area contributed by atoms with E-state index in [1.54, 1.807) is 6.07 Å². The number of amides is 1. The SMILES string of the molecule is CCOc1cccc(CNC(=O)C[S@](=O)c2cccc(C)c2)c1. The van der Waals surface area contributed by atoms with E-state index in [9.17, 15) is 9.00 Å². The Labute approximate surface area is 139 Å². The summed E-state index contributed by atoms with van der Waals surface area (Å²) in [5.41, 5.74) is 1.98. The lowest BCUT2D eigenvalue weighted by Crippen LogP contribution is -2.27. The second kappa shape index (κ2) is 8.48. The Bertz CT molecular complexity index is 700. The molecule has 2 aromatic carbocycles. The molecule has 0 radical (unpaired) electrons. The number of nitrogens with one attached hydrogen (secondary N) is 1. The van der Waals surface area contributed by atoms with Gasteiger partial charge in [0.1, 0.15) is 11.5 Å². The molecule has 0 unspecified atom stereocenters. The van der Waals surface area contributed by atoms with Crippen LogP contribution in [0.15, 0.2) is 53.4 Å². The summed E-state index contributed by atoms with van der Waals surface area (Å²) in [7, 11) is -1.33. The zero-order valence-electron chi connectivity index (χ0n) is 13.4. The highest BCUT2D eigenvalue weighted by Gasteiger charge is 2.10. The van der Waals surface area contributed by atoms with Gasteiger partial charge in [-0.05, 0) is 49.2 Å². The zero-order chi connectivity index (χ0) is 16.7. The van der Waals surface area contributed by atoms with Crippen molar-refractivity contribution in [3.63, 3.8) is 0 Å². The van der Waals surface area contributed by atoms with Crippen LogP contribution in [-0.4, -0.2) is 22.5 Å². The molecule has 5 heteroatoms. The van der Waals surface area contributed by atoms with Gasteiger partial charge in [0.2, 0.25) is 5.91 Å². The maximum absolute atomic E-state index is 12.2. The highest BCUT2D eigenvalue weighted by molar-refractivity contribution is 7.85. The van der Waals surface area contributed by atoms with E-state index in [0.717, 1.165) is 16.9 Å². The van der Waals surface area contributed by atoms with Crippen molar-refractivity contribution in [3.8, 4) is 5.75 Å². The standard InChI is InChI=1S/C18H21NO3S/c1-3-22-16-8-5-7-15(11-16)12-19-18(20)13-23(21)17-9-4-6-14(2)10-17/h4-11H,3,12-13H2,1-2H3,(H,19,20)/t23-/m0/s1. The van der Waals surface area contributed by atoms with E-state index in [1.165, 1.54) is 0 Å². The average molecular weight is 331 g/mol. The lowest BCUT2D eigenvalue weighted by atomic mass is 10.2. The van der Waals surface area contributed by atoms with Crippen LogP contribution in [-0.2, 0) is 22.1 Å². The molecular formula is C18H21NO3S. The van der Waals surface area contributed by atoms with E-state index in [4.69, 9.17) is 4.74 Å². The summed E-state index contributed by atoms with van der Waals surface area (Å²) in [6.07, 6.45) is 0. The summed E-state index contributed by atoms with van der Waals surface area (Å²) in [6.45, 7) is 4.86. The maximum Gasteiger partial charge on any atom is 0.233 e. The van der Waals surface area contributed by atoms with E-state index in [1.807, 2.05) is 56.3 Å². The van der Waals surface area contributed by atoms with E-state index >= 15 is 0 Å². The van der Waals surface area contributed by atoms with Gasteiger partial charge in [-0.25, -0.2) is 0 Å². The van der Waals surface area contributed by atoms with Crippen molar-refractivity contribution in [2.24, 2.45) is 0 Å². The van der Waals surface area contributed by atoms with Crippen LogP contribution in [0.5, 0.6) is 5.75 Å². The van der Waals surface area contributed by atoms with Crippen molar-refractivity contribution in [1.82, 2.24) is 5.32 Å². The number of carbonyl (C=O) groups is 1. The number of benzene rings is 2. The fourth-order valence-electron chi connectivity index (χ4n) is 2.12. The molecular weight excluding hydrogens is 310 g/mol. The molecule has 0 saturated carbocycles. The Balaban J connectivity index is 1.87. The van der Waals surface area contributed by atoms with Crippen LogP contribution in [0.2, 0.25) is 0 Å². The molecule has 2 rings (SSSR count). The lowest BCUT2D eigenvalue weighted by Gasteiger charge is -2.08. The second-order valence-corrected chi connectivity index (χ2v) is 6.61. The van der Waals surface area contributed by atoms with Crippen molar-refractivity contribution < 1.29 is 13.7 Å². The van der Waals surface area contributed by atoms with Gasteiger partial charge >= 0.3 is 0 Å². The monoisotopic (exact) mass is 331 g/mol. The van der Waals surface area contributed by atoms with Gasteiger partial charge in [0, 0.05) is 11.4 Å². The number of carbonyl (C=O) groups excluding carboxylic acids is 1. The molecule has 23 heavy (non-hydrogen) atoms. The molecule has 122 valence electrons. The molecule has 0 aliphatic heterocycles. The highest BCUT2D eigenvalue weighted by atomic mass is 32.2. The van der Waals surface area contributed by atoms with Crippen molar-refractivity contribution in [2.45, 2.75) is 25.3 Å². The zero-order valence-corrected chi connectivity index (χ0v) is 14.2. The molecule has 1 N–H and O–H groups in total. The van der Waals surface area contributed by atoms with Crippen molar-refractivity contribution >= 4 is 16.7 Å². The van der Waals surface area contributed by atoms with Crippen LogP contribution in [0, 0.1) is 6.92 Å². The molecule has 2 aromatic rings. The lowest BCUT2D eigenvalue weighted by molar-refractivity contribution is -0.118. The fourth-order valence-corrected chi connectivity index (χ4v) is 3.18. The Morgan fingerprint density at radius 2 is 1.96 bits per heavy atom. The van der Waals surface area contributed by atoms with E-state index in [2.05, 4.69) is 5.32 Å². The molecule has 4 nitrogen and oxygen atoms in total. The van der Waals surface area contributed by atoms with Crippen molar-refractivity contribution in [2.75, 3.05) is 12.4 Å². The van der Waals surface area contributed by atoms with Gasteiger partial charge in [0.25, 0.3) is 0 Å². The van der Waals surface area contributed by atoms with Gasteiger partial charge in [0.05, 0.1) is 17.4 Å². The predicted octanol–water partition coefficient (Wildman–Crippen LogP) is 2.82. The molecule has 0 saturated heterocycles.